The number of rotatable bonds is 0. The van der Waals surface area contributed by atoms with E-state index in [1.54, 1.807) is 0 Å². The first kappa shape index (κ1) is 7.57. The molecule has 0 amide bonds. The van der Waals surface area contributed by atoms with Crippen molar-refractivity contribution in [2.24, 2.45) is 0 Å². The predicted molar refractivity (Wildman–Crippen MR) is 51.8 cm³/mol. The summed E-state index contributed by atoms with van der Waals surface area (Å²) in [5.41, 5.74) is 3.01. The van der Waals surface area contributed by atoms with Crippen LogP contribution in [0.3, 0.4) is 0 Å². The Balaban J connectivity index is 2.09. The minimum atomic E-state index is -0.0591. The molecule has 68 valence electrons. The molecule has 3 atom stereocenters. The van der Waals surface area contributed by atoms with E-state index in [2.05, 4.69) is 24.3 Å². The van der Waals surface area contributed by atoms with Gasteiger partial charge in [-0.3, -0.25) is 0 Å². The Bertz CT molecular complexity index is 297. The molecule has 1 aromatic carbocycles. The van der Waals surface area contributed by atoms with Crippen molar-refractivity contribution in [3.05, 3.63) is 35.4 Å². The van der Waals surface area contributed by atoms with Gasteiger partial charge in [-0.2, -0.15) is 0 Å². The van der Waals surface area contributed by atoms with Gasteiger partial charge in [-0.25, -0.2) is 0 Å². The van der Waals surface area contributed by atoms with E-state index in [4.69, 9.17) is 0 Å². The van der Waals surface area contributed by atoms with Crippen LogP contribution < -0.4 is 0 Å². The van der Waals surface area contributed by atoms with Crippen molar-refractivity contribution in [3.63, 3.8) is 0 Å². The fraction of sp³-hybridized carbons (Fsp3) is 0.500. The number of aliphatic hydroxyl groups excluding tert-OH is 1. The summed E-state index contributed by atoms with van der Waals surface area (Å²) in [4.78, 5) is 0. The van der Waals surface area contributed by atoms with Gasteiger partial charge >= 0.3 is 0 Å². The van der Waals surface area contributed by atoms with Gasteiger partial charge in [0.05, 0.1) is 6.10 Å². The monoisotopic (exact) mass is 174 g/mol. The highest BCUT2D eigenvalue weighted by atomic mass is 16.3. The maximum atomic E-state index is 9.66. The van der Waals surface area contributed by atoms with Crippen LogP contribution in [0.4, 0.5) is 0 Å². The van der Waals surface area contributed by atoms with Gasteiger partial charge in [-0.15, -0.1) is 0 Å². The zero-order chi connectivity index (χ0) is 8.84. The molecule has 1 N–H and O–H groups in total. The first-order chi connectivity index (χ1) is 6.34. The van der Waals surface area contributed by atoms with E-state index >= 15 is 0 Å². The fourth-order valence-corrected chi connectivity index (χ4v) is 3.05. The summed E-state index contributed by atoms with van der Waals surface area (Å²) in [6, 6.07) is 8.70. The van der Waals surface area contributed by atoms with Crippen molar-refractivity contribution in [2.45, 2.75) is 37.2 Å². The first-order valence-corrected chi connectivity index (χ1v) is 5.11. The molecule has 0 aromatic heterocycles. The molecule has 2 aliphatic rings. The van der Waals surface area contributed by atoms with Crippen molar-refractivity contribution < 1.29 is 5.11 Å². The van der Waals surface area contributed by atoms with Crippen LogP contribution in [0.2, 0.25) is 0 Å². The molecule has 2 aliphatic carbocycles. The van der Waals surface area contributed by atoms with E-state index in [9.17, 15) is 5.11 Å². The minimum Gasteiger partial charge on any atom is -0.393 e. The zero-order valence-corrected chi connectivity index (χ0v) is 7.61. The molecular formula is C12H14O. The zero-order valence-electron chi connectivity index (χ0n) is 7.61. The highest BCUT2D eigenvalue weighted by molar-refractivity contribution is 5.39. The Morgan fingerprint density at radius 1 is 0.923 bits per heavy atom. The Hall–Kier alpha value is -0.820. The molecule has 13 heavy (non-hydrogen) atoms. The number of aliphatic hydroxyl groups is 1. The van der Waals surface area contributed by atoms with Crippen LogP contribution in [-0.2, 0) is 0 Å². The summed E-state index contributed by atoms with van der Waals surface area (Å²) in [7, 11) is 0. The highest BCUT2D eigenvalue weighted by Crippen LogP contribution is 2.50. The molecule has 2 bridgehead atoms. The molecule has 0 radical (unpaired) electrons. The van der Waals surface area contributed by atoms with Crippen LogP contribution in [0.15, 0.2) is 24.3 Å². The van der Waals surface area contributed by atoms with E-state index in [1.807, 2.05) is 0 Å². The Labute approximate surface area is 78.4 Å². The molecule has 1 saturated carbocycles. The van der Waals surface area contributed by atoms with Crippen LogP contribution in [-0.4, -0.2) is 11.2 Å². The topological polar surface area (TPSA) is 20.2 Å². The van der Waals surface area contributed by atoms with E-state index in [0.29, 0.717) is 11.8 Å². The largest absolute Gasteiger partial charge is 0.393 e. The van der Waals surface area contributed by atoms with Gasteiger partial charge in [0.1, 0.15) is 0 Å². The molecule has 1 unspecified atom stereocenters. The van der Waals surface area contributed by atoms with Crippen LogP contribution in [0.5, 0.6) is 0 Å². The summed E-state index contributed by atoms with van der Waals surface area (Å²) in [6.45, 7) is 0. The summed E-state index contributed by atoms with van der Waals surface area (Å²) < 4.78 is 0. The number of benzene rings is 1. The fourth-order valence-electron chi connectivity index (χ4n) is 3.05. The molecule has 1 fully saturated rings. The third kappa shape index (κ3) is 1.03. The summed E-state index contributed by atoms with van der Waals surface area (Å²) in [6.07, 6.45) is 3.17. The SMILES string of the molecule is OC1C[C@@H]2C[C@H](C1)c1ccccc12. The van der Waals surface area contributed by atoms with E-state index in [0.717, 1.165) is 12.8 Å². The van der Waals surface area contributed by atoms with Gasteiger partial charge in [0, 0.05) is 0 Å². The van der Waals surface area contributed by atoms with Gasteiger partial charge < -0.3 is 5.11 Å². The van der Waals surface area contributed by atoms with Gasteiger partial charge in [0.2, 0.25) is 0 Å². The van der Waals surface area contributed by atoms with Crippen molar-refractivity contribution in [2.75, 3.05) is 0 Å². The average Bonchev–Trinajstić information content (AvgIpc) is 2.41. The average molecular weight is 174 g/mol. The van der Waals surface area contributed by atoms with Crippen LogP contribution >= 0.6 is 0 Å². The van der Waals surface area contributed by atoms with Gasteiger partial charge in [0.15, 0.2) is 0 Å². The van der Waals surface area contributed by atoms with Gasteiger partial charge in [-0.05, 0) is 42.2 Å². The molecule has 3 rings (SSSR count). The molecule has 0 spiro atoms. The van der Waals surface area contributed by atoms with Crippen molar-refractivity contribution in [3.8, 4) is 0 Å². The van der Waals surface area contributed by atoms with Gasteiger partial charge in [-0.1, -0.05) is 24.3 Å². The lowest BCUT2D eigenvalue weighted by Crippen LogP contribution is -2.17. The van der Waals surface area contributed by atoms with E-state index < -0.39 is 0 Å². The molecular weight excluding hydrogens is 160 g/mol. The molecule has 1 aromatic rings. The van der Waals surface area contributed by atoms with Crippen LogP contribution in [0, 0.1) is 0 Å². The number of hydrogen-bond donors (Lipinski definition) is 1. The first-order valence-electron chi connectivity index (χ1n) is 5.11. The van der Waals surface area contributed by atoms with E-state index in [-0.39, 0.29) is 6.10 Å². The summed E-state index contributed by atoms with van der Waals surface area (Å²) in [5.74, 6) is 1.29. The standard InChI is InChI=1S/C12H14O/c13-10-6-8-5-9(7-10)12-4-2-1-3-11(8)12/h1-4,8-10,13H,5-7H2/t8-,9+,10?. The van der Waals surface area contributed by atoms with Crippen molar-refractivity contribution in [1.29, 1.82) is 0 Å². The third-order valence-corrected chi connectivity index (χ3v) is 3.56. The highest BCUT2D eigenvalue weighted by Gasteiger charge is 2.37. The van der Waals surface area contributed by atoms with Crippen LogP contribution in [0.1, 0.15) is 42.2 Å². The van der Waals surface area contributed by atoms with Crippen molar-refractivity contribution >= 4 is 0 Å². The second kappa shape index (κ2) is 2.58. The lowest BCUT2D eigenvalue weighted by molar-refractivity contribution is 0.117. The normalized spacial score (nSPS) is 35.9. The maximum Gasteiger partial charge on any atom is 0.0552 e. The Morgan fingerprint density at radius 3 is 2.00 bits per heavy atom. The van der Waals surface area contributed by atoms with E-state index in [1.165, 1.54) is 17.5 Å². The smallest absolute Gasteiger partial charge is 0.0552 e. The molecule has 0 heterocycles. The number of hydrogen-bond acceptors (Lipinski definition) is 1. The summed E-state index contributed by atoms with van der Waals surface area (Å²) in [5, 5.41) is 9.66. The quantitative estimate of drug-likeness (QED) is 0.640. The molecule has 1 heteroatoms. The predicted octanol–water partition coefficient (Wildman–Crippen LogP) is 2.41. The van der Waals surface area contributed by atoms with Gasteiger partial charge in [0.25, 0.3) is 0 Å². The molecule has 0 aliphatic heterocycles. The van der Waals surface area contributed by atoms with Crippen LogP contribution in [0.25, 0.3) is 0 Å². The lowest BCUT2D eigenvalue weighted by atomic mass is 9.85. The van der Waals surface area contributed by atoms with Crippen molar-refractivity contribution in [1.82, 2.24) is 0 Å². The maximum absolute atomic E-state index is 9.66. The second-order valence-electron chi connectivity index (χ2n) is 4.38. The summed E-state index contributed by atoms with van der Waals surface area (Å²) >= 11 is 0. The minimum absolute atomic E-state index is 0.0591. The molecule has 1 nitrogen and oxygen atoms in total. The Kier molecular flexibility index (Phi) is 1.50. The third-order valence-electron chi connectivity index (χ3n) is 3.56. The molecule has 0 saturated heterocycles. The number of fused-ring (bicyclic) bond motifs is 5. The second-order valence-corrected chi connectivity index (χ2v) is 4.38. The lowest BCUT2D eigenvalue weighted by Gasteiger charge is -2.23. The Morgan fingerprint density at radius 2 is 1.46 bits per heavy atom.